The number of carbonyl (C=O) groups is 2. The number of aromatic nitrogens is 2. The first-order chi connectivity index (χ1) is 9.88. The summed E-state index contributed by atoms with van der Waals surface area (Å²) in [6, 6.07) is 0. The second kappa shape index (κ2) is 6.51. The van der Waals surface area contributed by atoms with Crippen LogP contribution >= 0.6 is 11.5 Å². The molecule has 0 spiro atoms. The largest absolute Gasteiger partial charge is 0.342 e. The number of hydrogen-bond donors (Lipinski definition) is 0. The number of rotatable bonds is 5. The third-order valence-corrected chi connectivity index (χ3v) is 4.46. The van der Waals surface area contributed by atoms with Gasteiger partial charge in [-0.15, -0.1) is 5.10 Å². The lowest BCUT2D eigenvalue weighted by atomic mass is 10.1. The SMILES string of the molecule is Cc1nnsc1CN(C)C(=O)[C@@H]1CC(=O)N(CC(C)C)C1. The number of hydrogen-bond acceptors (Lipinski definition) is 5. The Kier molecular flexibility index (Phi) is 4.92. The summed E-state index contributed by atoms with van der Waals surface area (Å²) in [7, 11) is 1.77. The highest BCUT2D eigenvalue weighted by molar-refractivity contribution is 7.05. The van der Waals surface area contributed by atoms with Gasteiger partial charge in [-0.05, 0) is 24.4 Å². The van der Waals surface area contributed by atoms with E-state index < -0.39 is 0 Å². The van der Waals surface area contributed by atoms with Crippen LogP contribution in [0.5, 0.6) is 0 Å². The van der Waals surface area contributed by atoms with E-state index in [0.717, 1.165) is 17.1 Å². The number of amides is 2. The summed E-state index contributed by atoms with van der Waals surface area (Å²) in [5.41, 5.74) is 0.864. The molecule has 2 rings (SSSR count). The molecule has 1 fully saturated rings. The Labute approximate surface area is 129 Å². The maximum absolute atomic E-state index is 12.5. The molecule has 0 unspecified atom stereocenters. The molecule has 0 radical (unpaired) electrons. The molecule has 2 heterocycles. The lowest BCUT2D eigenvalue weighted by Crippen LogP contribution is -2.35. The first-order valence-corrected chi connectivity index (χ1v) is 7.96. The first kappa shape index (κ1) is 15.9. The van der Waals surface area contributed by atoms with Gasteiger partial charge in [0.25, 0.3) is 0 Å². The Morgan fingerprint density at radius 1 is 1.52 bits per heavy atom. The standard InChI is InChI=1S/C14H22N4O2S/c1-9(2)6-18-7-11(5-13(18)19)14(20)17(4)8-12-10(3)15-16-21-12/h9,11H,5-8H2,1-4H3/t11-/m1/s1. The molecule has 1 aliphatic rings. The fourth-order valence-corrected chi connectivity index (χ4v) is 3.24. The van der Waals surface area contributed by atoms with E-state index in [4.69, 9.17) is 0 Å². The van der Waals surface area contributed by atoms with Crippen LogP contribution < -0.4 is 0 Å². The highest BCUT2D eigenvalue weighted by Gasteiger charge is 2.35. The van der Waals surface area contributed by atoms with Crippen LogP contribution in [-0.4, -0.2) is 51.3 Å². The molecule has 116 valence electrons. The average molecular weight is 310 g/mol. The third-order valence-electron chi connectivity index (χ3n) is 3.65. The van der Waals surface area contributed by atoms with Crippen LogP contribution in [0.3, 0.4) is 0 Å². The molecule has 21 heavy (non-hydrogen) atoms. The molecule has 1 aliphatic heterocycles. The van der Waals surface area contributed by atoms with Gasteiger partial charge >= 0.3 is 0 Å². The number of aryl methyl sites for hydroxylation is 1. The van der Waals surface area contributed by atoms with Crippen LogP contribution in [0.1, 0.15) is 30.8 Å². The summed E-state index contributed by atoms with van der Waals surface area (Å²) >= 11 is 1.31. The van der Waals surface area contributed by atoms with E-state index in [1.54, 1.807) is 16.8 Å². The summed E-state index contributed by atoms with van der Waals surface area (Å²) in [5.74, 6) is 0.322. The van der Waals surface area contributed by atoms with E-state index in [9.17, 15) is 9.59 Å². The number of carbonyl (C=O) groups excluding carboxylic acids is 2. The maximum Gasteiger partial charge on any atom is 0.228 e. The van der Waals surface area contributed by atoms with E-state index >= 15 is 0 Å². The molecule has 1 atom stereocenters. The molecule has 0 N–H and O–H groups in total. The zero-order chi connectivity index (χ0) is 15.6. The molecule has 7 heteroatoms. The second-order valence-electron chi connectivity index (χ2n) is 6.07. The van der Waals surface area contributed by atoms with Crippen molar-refractivity contribution in [2.75, 3.05) is 20.1 Å². The lowest BCUT2D eigenvalue weighted by Gasteiger charge is -2.21. The van der Waals surface area contributed by atoms with Crippen molar-refractivity contribution in [2.45, 2.75) is 33.7 Å². The topological polar surface area (TPSA) is 66.4 Å². The molecule has 6 nitrogen and oxygen atoms in total. The molecular weight excluding hydrogens is 288 g/mol. The van der Waals surface area contributed by atoms with Crippen molar-refractivity contribution in [3.8, 4) is 0 Å². The van der Waals surface area contributed by atoms with Crippen molar-refractivity contribution in [2.24, 2.45) is 11.8 Å². The van der Waals surface area contributed by atoms with Gasteiger partial charge in [-0.25, -0.2) is 0 Å². The summed E-state index contributed by atoms with van der Waals surface area (Å²) < 4.78 is 3.88. The van der Waals surface area contributed by atoms with Crippen molar-refractivity contribution < 1.29 is 9.59 Å². The molecule has 0 bridgehead atoms. The van der Waals surface area contributed by atoms with Gasteiger partial charge in [0.2, 0.25) is 11.8 Å². The predicted octanol–water partition coefficient (Wildman–Crippen LogP) is 1.31. The van der Waals surface area contributed by atoms with Gasteiger partial charge in [-0.1, -0.05) is 18.3 Å². The van der Waals surface area contributed by atoms with Gasteiger partial charge < -0.3 is 9.80 Å². The monoisotopic (exact) mass is 310 g/mol. The van der Waals surface area contributed by atoms with E-state index in [0.29, 0.717) is 25.4 Å². The Hall–Kier alpha value is -1.50. The van der Waals surface area contributed by atoms with Crippen LogP contribution in [0.4, 0.5) is 0 Å². The van der Waals surface area contributed by atoms with Crippen LogP contribution in [0.2, 0.25) is 0 Å². The molecule has 0 aliphatic carbocycles. The molecule has 0 saturated carbocycles. The van der Waals surface area contributed by atoms with Crippen LogP contribution in [0.15, 0.2) is 0 Å². The minimum absolute atomic E-state index is 0.0300. The minimum Gasteiger partial charge on any atom is -0.342 e. The summed E-state index contributed by atoms with van der Waals surface area (Å²) in [6.45, 7) is 7.82. The van der Waals surface area contributed by atoms with E-state index in [1.165, 1.54) is 11.5 Å². The highest BCUT2D eigenvalue weighted by atomic mass is 32.1. The fourth-order valence-electron chi connectivity index (χ4n) is 2.56. The first-order valence-electron chi connectivity index (χ1n) is 7.19. The molecule has 2 amide bonds. The quantitative estimate of drug-likeness (QED) is 0.822. The smallest absolute Gasteiger partial charge is 0.228 e. The molecule has 0 aromatic carbocycles. The average Bonchev–Trinajstić information content (AvgIpc) is 2.96. The van der Waals surface area contributed by atoms with Crippen molar-refractivity contribution >= 4 is 23.3 Å². The van der Waals surface area contributed by atoms with Crippen molar-refractivity contribution in [3.05, 3.63) is 10.6 Å². The van der Waals surface area contributed by atoms with Gasteiger partial charge in [0.1, 0.15) is 0 Å². The van der Waals surface area contributed by atoms with Gasteiger partial charge in [0.05, 0.1) is 23.0 Å². The number of nitrogens with zero attached hydrogens (tertiary/aromatic N) is 4. The molecule has 1 aromatic heterocycles. The molecule has 1 saturated heterocycles. The minimum atomic E-state index is -0.220. The highest BCUT2D eigenvalue weighted by Crippen LogP contribution is 2.22. The Morgan fingerprint density at radius 3 is 2.81 bits per heavy atom. The Balaban J connectivity index is 1.94. The lowest BCUT2D eigenvalue weighted by molar-refractivity contribution is -0.135. The second-order valence-corrected chi connectivity index (χ2v) is 6.91. The normalized spacial score (nSPS) is 18.6. The van der Waals surface area contributed by atoms with Gasteiger partial charge in [0, 0.05) is 26.6 Å². The summed E-state index contributed by atoms with van der Waals surface area (Å²) in [5, 5.41) is 3.95. The number of likely N-dealkylation sites (tertiary alicyclic amines) is 1. The zero-order valence-corrected chi connectivity index (χ0v) is 13.8. The van der Waals surface area contributed by atoms with Crippen LogP contribution in [0, 0.1) is 18.8 Å². The Bertz CT molecular complexity index is 529. The van der Waals surface area contributed by atoms with Gasteiger partial charge in [-0.3, -0.25) is 9.59 Å². The third kappa shape index (κ3) is 3.78. The molecule has 1 aromatic rings. The van der Waals surface area contributed by atoms with E-state index in [2.05, 4.69) is 23.4 Å². The van der Waals surface area contributed by atoms with Gasteiger partial charge in [-0.2, -0.15) is 0 Å². The zero-order valence-electron chi connectivity index (χ0n) is 13.0. The van der Waals surface area contributed by atoms with Crippen molar-refractivity contribution in [1.29, 1.82) is 0 Å². The Morgan fingerprint density at radius 2 is 2.24 bits per heavy atom. The molecular formula is C14H22N4O2S. The summed E-state index contributed by atoms with van der Waals surface area (Å²) in [6.07, 6.45) is 0.329. The van der Waals surface area contributed by atoms with E-state index in [1.807, 2.05) is 6.92 Å². The van der Waals surface area contributed by atoms with E-state index in [-0.39, 0.29) is 17.7 Å². The predicted molar refractivity (Wildman–Crippen MR) is 80.6 cm³/mol. The van der Waals surface area contributed by atoms with Crippen molar-refractivity contribution in [1.82, 2.24) is 19.4 Å². The van der Waals surface area contributed by atoms with Crippen LogP contribution in [-0.2, 0) is 16.1 Å². The van der Waals surface area contributed by atoms with Crippen molar-refractivity contribution in [3.63, 3.8) is 0 Å². The van der Waals surface area contributed by atoms with Gasteiger partial charge in [0.15, 0.2) is 0 Å². The fraction of sp³-hybridized carbons (Fsp3) is 0.714. The summed E-state index contributed by atoms with van der Waals surface area (Å²) in [4.78, 5) is 28.9. The van der Waals surface area contributed by atoms with Crippen LogP contribution in [0.25, 0.3) is 0 Å². The maximum atomic E-state index is 12.5.